The van der Waals surface area contributed by atoms with Crippen LogP contribution in [0.15, 0.2) is 49.1 Å². The Hall–Kier alpha value is -2.92. The molecule has 126 valence electrons. The van der Waals surface area contributed by atoms with Crippen LogP contribution in [0.4, 0.5) is 11.4 Å². The van der Waals surface area contributed by atoms with Gasteiger partial charge in [-0.2, -0.15) is 0 Å². The summed E-state index contributed by atoms with van der Waals surface area (Å²) in [6.45, 7) is 4.58. The molecule has 25 heavy (non-hydrogen) atoms. The minimum Gasteiger partial charge on any atom is -0.326 e. The number of benzene rings is 2. The van der Waals surface area contributed by atoms with Crippen molar-refractivity contribution < 1.29 is 9.59 Å². The molecule has 2 heterocycles. The van der Waals surface area contributed by atoms with Crippen molar-refractivity contribution in [1.29, 1.82) is 0 Å². The predicted octanol–water partition coefficient (Wildman–Crippen LogP) is 3.15. The molecule has 2 amide bonds. The first kappa shape index (κ1) is 15.6. The Morgan fingerprint density at radius 1 is 1.32 bits per heavy atom. The van der Waals surface area contributed by atoms with Gasteiger partial charge in [0.1, 0.15) is 0 Å². The summed E-state index contributed by atoms with van der Waals surface area (Å²) >= 11 is 0. The molecule has 2 aromatic carbocycles. The number of rotatable bonds is 4. The lowest BCUT2D eigenvalue weighted by atomic mass is 10.0. The fourth-order valence-electron chi connectivity index (χ4n) is 3.56. The maximum atomic E-state index is 12.7. The zero-order valence-corrected chi connectivity index (χ0v) is 13.8. The molecule has 2 aliphatic rings. The van der Waals surface area contributed by atoms with Gasteiger partial charge in [0.2, 0.25) is 5.91 Å². The third-order valence-electron chi connectivity index (χ3n) is 4.75. The Balaban J connectivity index is 1.56. The maximum Gasteiger partial charge on any atom is 0.256 e. The molecule has 0 unspecified atom stereocenters. The van der Waals surface area contributed by atoms with Crippen molar-refractivity contribution in [2.75, 3.05) is 10.6 Å². The minimum absolute atomic E-state index is 0.0767. The van der Waals surface area contributed by atoms with Crippen molar-refractivity contribution in [3.05, 3.63) is 71.3 Å². The minimum atomic E-state index is -0.193. The van der Waals surface area contributed by atoms with E-state index in [2.05, 4.69) is 28.6 Å². The van der Waals surface area contributed by atoms with Crippen molar-refractivity contribution in [2.45, 2.75) is 25.4 Å². The molecule has 5 nitrogen and oxygen atoms in total. The van der Waals surface area contributed by atoms with Crippen molar-refractivity contribution in [1.82, 2.24) is 5.32 Å². The second-order valence-electron chi connectivity index (χ2n) is 6.38. The second kappa shape index (κ2) is 6.18. The SMILES string of the molecule is C=CC[C@H]1NCc2cc(NC(=O)c3cccc4c3CC(=O)N4)ccc21. The maximum absolute atomic E-state index is 12.7. The van der Waals surface area contributed by atoms with E-state index in [1.54, 1.807) is 12.1 Å². The summed E-state index contributed by atoms with van der Waals surface area (Å²) in [4.78, 5) is 24.3. The smallest absolute Gasteiger partial charge is 0.256 e. The van der Waals surface area contributed by atoms with Gasteiger partial charge in [-0.3, -0.25) is 9.59 Å². The van der Waals surface area contributed by atoms with E-state index in [9.17, 15) is 9.59 Å². The molecule has 0 fully saturated rings. The van der Waals surface area contributed by atoms with Gasteiger partial charge in [0.05, 0.1) is 6.42 Å². The molecule has 0 spiro atoms. The average molecular weight is 333 g/mol. The van der Waals surface area contributed by atoms with Crippen LogP contribution < -0.4 is 16.0 Å². The fraction of sp³-hybridized carbons (Fsp3) is 0.200. The van der Waals surface area contributed by atoms with Gasteiger partial charge < -0.3 is 16.0 Å². The molecule has 0 aromatic heterocycles. The van der Waals surface area contributed by atoms with E-state index in [0.29, 0.717) is 11.6 Å². The summed E-state index contributed by atoms with van der Waals surface area (Å²) in [6.07, 6.45) is 3.04. The summed E-state index contributed by atoms with van der Waals surface area (Å²) in [5, 5.41) is 9.17. The summed E-state index contributed by atoms with van der Waals surface area (Å²) in [5.41, 5.74) is 5.24. The Labute approximate surface area is 146 Å². The predicted molar refractivity (Wildman–Crippen MR) is 97.6 cm³/mol. The Bertz CT molecular complexity index is 889. The van der Waals surface area contributed by atoms with Crippen LogP contribution in [0.2, 0.25) is 0 Å². The summed E-state index contributed by atoms with van der Waals surface area (Å²) in [6, 6.07) is 11.6. The lowest BCUT2D eigenvalue weighted by Crippen LogP contribution is -2.14. The number of fused-ring (bicyclic) bond motifs is 2. The zero-order valence-electron chi connectivity index (χ0n) is 13.8. The highest BCUT2D eigenvalue weighted by molar-refractivity contribution is 6.10. The van der Waals surface area contributed by atoms with Crippen molar-refractivity contribution in [2.24, 2.45) is 0 Å². The van der Waals surface area contributed by atoms with Crippen LogP contribution in [-0.4, -0.2) is 11.8 Å². The lowest BCUT2D eigenvalue weighted by Gasteiger charge is -2.11. The summed E-state index contributed by atoms with van der Waals surface area (Å²) < 4.78 is 0. The largest absolute Gasteiger partial charge is 0.326 e. The number of nitrogens with one attached hydrogen (secondary N) is 3. The van der Waals surface area contributed by atoms with Gasteiger partial charge in [0, 0.05) is 29.5 Å². The van der Waals surface area contributed by atoms with Gasteiger partial charge >= 0.3 is 0 Å². The molecular formula is C20H19N3O2. The van der Waals surface area contributed by atoms with Gasteiger partial charge in [-0.05, 0) is 47.4 Å². The third-order valence-corrected chi connectivity index (χ3v) is 4.75. The van der Waals surface area contributed by atoms with E-state index >= 15 is 0 Å². The van der Waals surface area contributed by atoms with Crippen LogP contribution in [0.5, 0.6) is 0 Å². The van der Waals surface area contributed by atoms with E-state index in [4.69, 9.17) is 0 Å². The number of hydrogen-bond acceptors (Lipinski definition) is 3. The van der Waals surface area contributed by atoms with Gasteiger partial charge in [0.15, 0.2) is 0 Å². The highest BCUT2D eigenvalue weighted by atomic mass is 16.2. The van der Waals surface area contributed by atoms with Crippen LogP contribution in [0, 0.1) is 0 Å². The first-order chi connectivity index (χ1) is 12.2. The van der Waals surface area contributed by atoms with Crippen LogP contribution >= 0.6 is 0 Å². The molecular weight excluding hydrogens is 314 g/mol. The Morgan fingerprint density at radius 2 is 2.20 bits per heavy atom. The molecule has 1 atom stereocenters. The topological polar surface area (TPSA) is 70.2 Å². The zero-order chi connectivity index (χ0) is 17.4. The second-order valence-corrected chi connectivity index (χ2v) is 6.38. The van der Waals surface area contributed by atoms with Gasteiger partial charge in [0.25, 0.3) is 5.91 Å². The molecule has 5 heteroatoms. The van der Waals surface area contributed by atoms with Gasteiger partial charge in [-0.15, -0.1) is 6.58 Å². The summed E-state index contributed by atoms with van der Waals surface area (Å²) in [5.74, 6) is -0.269. The Kier molecular flexibility index (Phi) is 3.86. The van der Waals surface area contributed by atoms with Crippen LogP contribution in [0.1, 0.15) is 39.5 Å². The van der Waals surface area contributed by atoms with E-state index in [1.807, 2.05) is 24.3 Å². The molecule has 2 aromatic rings. The first-order valence-electron chi connectivity index (χ1n) is 8.36. The highest BCUT2D eigenvalue weighted by Crippen LogP contribution is 2.31. The lowest BCUT2D eigenvalue weighted by molar-refractivity contribution is -0.115. The van der Waals surface area contributed by atoms with Gasteiger partial charge in [-0.1, -0.05) is 18.2 Å². The average Bonchev–Trinajstić information content (AvgIpc) is 3.17. The molecule has 0 saturated carbocycles. The highest BCUT2D eigenvalue weighted by Gasteiger charge is 2.24. The molecule has 4 rings (SSSR count). The molecule has 0 saturated heterocycles. The monoisotopic (exact) mass is 333 g/mol. The molecule has 3 N–H and O–H groups in total. The van der Waals surface area contributed by atoms with E-state index in [1.165, 1.54) is 11.1 Å². The van der Waals surface area contributed by atoms with Crippen molar-refractivity contribution >= 4 is 23.2 Å². The van der Waals surface area contributed by atoms with Crippen molar-refractivity contribution in [3.8, 4) is 0 Å². The fourth-order valence-corrected chi connectivity index (χ4v) is 3.56. The number of hydrogen-bond donors (Lipinski definition) is 3. The van der Waals surface area contributed by atoms with Crippen LogP contribution in [0.25, 0.3) is 0 Å². The molecule has 0 radical (unpaired) electrons. The standard InChI is InChI=1S/C20H19N3O2/c1-2-4-17-14-8-7-13(9-12(14)11-21-17)22-20(25)15-5-3-6-18-16(15)10-19(24)23-18/h2-3,5-9,17,21H,1,4,10-11H2,(H,22,25)(H,23,24)/t17-/m1/s1. The molecule has 0 aliphatic carbocycles. The van der Waals surface area contributed by atoms with E-state index in [-0.39, 0.29) is 18.2 Å². The molecule has 2 aliphatic heterocycles. The van der Waals surface area contributed by atoms with E-state index < -0.39 is 0 Å². The van der Waals surface area contributed by atoms with Crippen LogP contribution in [0.3, 0.4) is 0 Å². The number of anilines is 2. The number of carbonyl (C=O) groups excluding carboxylic acids is 2. The normalized spacial score (nSPS) is 17.6. The number of amides is 2. The first-order valence-corrected chi connectivity index (χ1v) is 8.36. The third kappa shape index (κ3) is 2.83. The van der Waals surface area contributed by atoms with Crippen LogP contribution in [-0.2, 0) is 17.8 Å². The quantitative estimate of drug-likeness (QED) is 0.753. The summed E-state index contributed by atoms with van der Waals surface area (Å²) in [7, 11) is 0. The molecule has 0 bridgehead atoms. The Morgan fingerprint density at radius 3 is 3.04 bits per heavy atom. The van der Waals surface area contributed by atoms with Gasteiger partial charge in [-0.25, -0.2) is 0 Å². The van der Waals surface area contributed by atoms with Crippen molar-refractivity contribution in [3.63, 3.8) is 0 Å². The van der Waals surface area contributed by atoms with E-state index in [0.717, 1.165) is 29.9 Å². The number of carbonyl (C=O) groups is 2.